The molecule has 1 aliphatic rings. The van der Waals surface area contributed by atoms with Gasteiger partial charge in [-0.25, -0.2) is 10.5 Å². The molecule has 1 fully saturated rings. The van der Waals surface area contributed by atoms with Crippen LogP contribution in [0.2, 0.25) is 0 Å². The van der Waals surface area contributed by atoms with E-state index in [1.807, 2.05) is 18.2 Å². The minimum atomic E-state index is -0.896. The number of carbonyl (C=O) groups is 1. The molecule has 0 spiro atoms. The highest BCUT2D eigenvalue weighted by Gasteiger charge is 2.48. The van der Waals surface area contributed by atoms with E-state index in [-0.39, 0.29) is 5.97 Å². The van der Waals surface area contributed by atoms with Crippen molar-refractivity contribution in [2.45, 2.75) is 31.2 Å². The Hall–Kier alpha value is -1.35. The molecule has 2 rings (SSSR count). The summed E-state index contributed by atoms with van der Waals surface area (Å²) in [6, 6.07) is 10.1. The molecule has 0 saturated heterocycles. The second-order valence-corrected chi connectivity index (χ2v) is 4.31. The van der Waals surface area contributed by atoms with E-state index in [0.29, 0.717) is 19.4 Å². The van der Waals surface area contributed by atoms with Crippen LogP contribution in [0.25, 0.3) is 0 Å². The smallest absolute Gasteiger partial charge is 0.327 e. The number of esters is 1. The predicted octanol–water partition coefficient (Wildman–Crippen LogP) is 1.98. The zero-order chi connectivity index (χ0) is 11.4. The molecule has 16 heavy (non-hydrogen) atoms. The van der Waals surface area contributed by atoms with E-state index < -0.39 is 5.54 Å². The van der Waals surface area contributed by atoms with Crippen LogP contribution in [0.15, 0.2) is 30.3 Å². The largest absolute Gasteiger partial charge is 0.464 e. The van der Waals surface area contributed by atoms with Gasteiger partial charge in [0, 0.05) is 0 Å². The summed E-state index contributed by atoms with van der Waals surface area (Å²) < 4.78 is 5.06. The van der Waals surface area contributed by atoms with Crippen molar-refractivity contribution in [3.63, 3.8) is 0 Å². The minimum absolute atomic E-state index is 0.347. The van der Waals surface area contributed by atoms with Gasteiger partial charge in [0.15, 0.2) is 0 Å². The predicted molar refractivity (Wildman–Crippen MR) is 60.8 cm³/mol. The lowest BCUT2D eigenvalue weighted by molar-refractivity contribution is -0.146. The van der Waals surface area contributed by atoms with Crippen molar-refractivity contribution in [1.29, 1.82) is 0 Å². The Morgan fingerprint density at radius 2 is 2.00 bits per heavy atom. The fraction of sp³-hybridized carbons (Fsp3) is 0.462. The number of nitrogens with one attached hydrogen (secondary N) is 1. The summed E-state index contributed by atoms with van der Waals surface area (Å²) in [5.74, 6) is -0.347. The van der Waals surface area contributed by atoms with Crippen LogP contribution < -0.4 is 5.73 Å². The Morgan fingerprint density at radius 3 is 2.62 bits per heavy atom. The lowest BCUT2D eigenvalue weighted by Gasteiger charge is -2.08. The molecule has 0 amide bonds. The second kappa shape index (κ2) is 4.66. The number of hydrogen-bond acceptors (Lipinski definition) is 2. The molecule has 1 radical (unpaired) electrons. The van der Waals surface area contributed by atoms with Gasteiger partial charge in [-0.3, -0.25) is 0 Å². The number of hydrogen-bond donors (Lipinski definition) is 0. The van der Waals surface area contributed by atoms with E-state index in [0.717, 1.165) is 12.8 Å². The molecule has 3 nitrogen and oxygen atoms in total. The Bertz CT molecular complexity index is 357. The van der Waals surface area contributed by atoms with Gasteiger partial charge in [0.05, 0.1) is 6.61 Å². The normalized spacial score (nSPS) is 16.8. The van der Waals surface area contributed by atoms with Gasteiger partial charge in [0.2, 0.25) is 0 Å². The molecular formula is C13H16NO2. The zero-order valence-electron chi connectivity index (χ0n) is 9.24. The third kappa shape index (κ3) is 2.83. The molecule has 1 aromatic carbocycles. The summed E-state index contributed by atoms with van der Waals surface area (Å²) in [5, 5.41) is 0. The van der Waals surface area contributed by atoms with Crippen LogP contribution in [0.4, 0.5) is 0 Å². The Balaban J connectivity index is 1.64. The third-order valence-corrected chi connectivity index (χ3v) is 2.83. The maximum absolute atomic E-state index is 11.3. The molecule has 1 aromatic rings. The molecule has 0 bridgehead atoms. The van der Waals surface area contributed by atoms with Crippen LogP contribution in [0.3, 0.4) is 0 Å². The van der Waals surface area contributed by atoms with Crippen LogP contribution >= 0.6 is 0 Å². The number of ether oxygens (including phenoxy) is 1. The molecule has 0 aliphatic heterocycles. The highest BCUT2D eigenvalue weighted by molar-refractivity contribution is 5.83. The second-order valence-electron chi connectivity index (χ2n) is 4.31. The summed E-state index contributed by atoms with van der Waals surface area (Å²) in [6.45, 7) is 0.425. The average Bonchev–Trinajstić information content (AvgIpc) is 3.05. The number of carbonyl (C=O) groups excluding carboxylic acids is 1. The average molecular weight is 218 g/mol. The first-order valence-corrected chi connectivity index (χ1v) is 5.67. The van der Waals surface area contributed by atoms with Crippen molar-refractivity contribution in [2.24, 2.45) is 0 Å². The van der Waals surface area contributed by atoms with E-state index in [9.17, 15) is 4.79 Å². The number of benzene rings is 1. The van der Waals surface area contributed by atoms with Crippen LogP contribution in [0, 0.1) is 0 Å². The number of aryl methyl sites for hydroxylation is 1. The van der Waals surface area contributed by atoms with Crippen molar-refractivity contribution in [2.75, 3.05) is 6.61 Å². The van der Waals surface area contributed by atoms with Crippen molar-refractivity contribution in [3.05, 3.63) is 35.9 Å². The molecule has 1 aliphatic carbocycles. The fourth-order valence-corrected chi connectivity index (χ4v) is 1.55. The van der Waals surface area contributed by atoms with E-state index in [4.69, 9.17) is 10.5 Å². The maximum atomic E-state index is 11.3. The van der Waals surface area contributed by atoms with Crippen LogP contribution in [0.1, 0.15) is 24.8 Å². The summed E-state index contributed by atoms with van der Waals surface area (Å²) >= 11 is 0. The Kier molecular flexibility index (Phi) is 3.25. The lowest BCUT2D eigenvalue weighted by Crippen LogP contribution is -2.26. The van der Waals surface area contributed by atoms with Gasteiger partial charge in [0.1, 0.15) is 5.54 Å². The van der Waals surface area contributed by atoms with E-state index in [1.165, 1.54) is 5.56 Å². The van der Waals surface area contributed by atoms with E-state index in [1.54, 1.807) is 0 Å². The van der Waals surface area contributed by atoms with Gasteiger partial charge in [-0.05, 0) is 31.2 Å². The fourth-order valence-electron chi connectivity index (χ4n) is 1.55. The van der Waals surface area contributed by atoms with Gasteiger partial charge in [-0.2, -0.15) is 0 Å². The number of rotatable bonds is 5. The quantitative estimate of drug-likeness (QED) is 0.560. The third-order valence-electron chi connectivity index (χ3n) is 2.83. The summed E-state index contributed by atoms with van der Waals surface area (Å²) in [4.78, 5) is 11.3. The van der Waals surface area contributed by atoms with Gasteiger partial charge in [-0.15, -0.1) is 0 Å². The first-order valence-electron chi connectivity index (χ1n) is 5.67. The Morgan fingerprint density at radius 1 is 1.31 bits per heavy atom. The molecule has 1 N–H and O–H groups in total. The van der Waals surface area contributed by atoms with E-state index in [2.05, 4.69) is 12.1 Å². The molecule has 0 heterocycles. The van der Waals surface area contributed by atoms with Crippen molar-refractivity contribution in [3.8, 4) is 0 Å². The Labute approximate surface area is 95.6 Å². The molecular weight excluding hydrogens is 202 g/mol. The van der Waals surface area contributed by atoms with Crippen molar-refractivity contribution in [1.82, 2.24) is 5.73 Å². The first kappa shape index (κ1) is 11.1. The molecule has 1 saturated carbocycles. The molecule has 3 heteroatoms. The monoisotopic (exact) mass is 218 g/mol. The summed E-state index contributed by atoms with van der Waals surface area (Å²) in [5.41, 5.74) is 7.93. The molecule has 0 unspecified atom stereocenters. The molecule has 0 aromatic heterocycles. The SMILES string of the molecule is [NH]C1(C(=O)OCCCc2ccccc2)CC1. The zero-order valence-corrected chi connectivity index (χ0v) is 9.24. The first-order chi connectivity index (χ1) is 7.71. The minimum Gasteiger partial charge on any atom is -0.464 e. The van der Waals surface area contributed by atoms with Gasteiger partial charge < -0.3 is 4.74 Å². The van der Waals surface area contributed by atoms with Crippen LogP contribution in [0.5, 0.6) is 0 Å². The highest BCUT2D eigenvalue weighted by Crippen LogP contribution is 2.35. The summed E-state index contributed by atoms with van der Waals surface area (Å²) in [6.07, 6.45) is 3.06. The van der Waals surface area contributed by atoms with Gasteiger partial charge in [0.25, 0.3) is 0 Å². The van der Waals surface area contributed by atoms with Crippen molar-refractivity contribution < 1.29 is 9.53 Å². The van der Waals surface area contributed by atoms with Crippen molar-refractivity contribution >= 4 is 5.97 Å². The standard InChI is InChI=1S/C13H16NO2/c14-13(8-9-13)12(15)16-10-4-7-11-5-2-1-3-6-11/h1-3,5-6,14H,4,7-10H2. The van der Waals surface area contributed by atoms with Crippen LogP contribution in [-0.2, 0) is 16.0 Å². The summed E-state index contributed by atoms with van der Waals surface area (Å²) in [7, 11) is 0. The van der Waals surface area contributed by atoms with Gasteiger partial charge in [-0.1, -0.05) is 30.3 Å². The maximum Gasteiger partial charge on any atom is 0.327 e. The highest BCUT2D eigenvalue weighted by atomic mass is 16.5. The molecule has 0 atom stereocenters. The lowest BCUT2D eigenvalue weighted by atomic mass is 10.1. The van der Waals surface area contributed by atoms with Gasteiger partial charge >= 0.3 is 5.97 Å². The topological polar surface area (TPSA) is 50.1 Å². The van der Waals surface area contributed by atoms with E-state index >= 15 is 0 Å². The van der Waals surface area contributed by atoms with Crippen LogP contribution in [-0.4, -0.2) is 18.1 Å². The molecule has 85 valence electrons.